The molecule has 1 aromatic heterocycles. The lowest BCUT2D eigenvalue weighted by atomic mass is 10.1. The monoisotopic (exact) mass is 485 g/mol. The SMILES string of the molecule is NCCCC[C@H](N)C(=O)Nc1ccc(N=Nc2ccccc2OC(=O)[C@@H](N)CCCCN)c(N)n1. The quantitative estimate of drug-likeness (QED) is 0.0991. The molecule has 2 atom stereocenters. The number of nitrogens with one attached hydrogen (secondary N) is 1. The summed E-state index contributed by atoms with van der Waals surface area (Å²) < 4.78 is 5.41. The molecule has 1 aromatic carbocycles. The second-order valence-corrected chi connectivity index (χ2v) is 7.96. The minimum absolute atomic E-state index is 0.0552. The molecule has 190 valence electrons. The Balaban J connectivity index is 2.03. The standard InChI is InChI=1S/C23H35N9O3/c24-13-5-3-7-15(26)22(33)30-20-12-11-18(21(28)29-20)32-31-17-9-1-2-10-19(17)35-23(34)16(27)8-4-6-14-25/h1-2,9-12,15-16H,3-8,13-14,24-27H2,(H3,28,29,30,33)/t15-,16-/m0/s1. The van der Waals surface area contributed by atoms with E-state index < -0.39 is 18.1 Å². The first-order valence-electron chi connectivity index (χ1n) is 11.6. The van der Waals surface area contributed by atoms with Crippen molar-refractivity contribution in [2.45, 2.75) is 50.6 Å². The number of ether oxygens (including phenoxy) is 1. The van der Waals surface area contributed by atoms with Crippen molar-refractivity contribution in [2.75, 3.05) is 24.1 Å². The van der Waals surface area contributed by atoms with Crippen molar-refractivity contribution in [3.05, 3.63) is 36.4 Å². The highest BCUT2D eigenvalue weighted by Gasteiger charge is 2.17. The van der Waals surface area contributed by atoms with Crippen LogP contribution in [0, 0.1) is 0 Å². The highest BCUT2D eigenvalue weighted by atomic mass is 16.5. The maximum atomic E-state index is 12.3. The smallest absolute Gasteiger partial charge is 0.328 e. The third-order valence-corrected chi connectivity index (χ3v) is 5.07. The van der Waals surface area contributed by atoms with E-state index in [1.54, 1.807) is 36.4 Å². The minimum Gasteiger partial charge on any atom is -0.423 e. The Labute approximate surface area is 204 Å². The normalized spacial score (nSPS) is 12.9. The Morgan fingerprint density at radius 1 is 0.886 bits per heavy atom. The molecular formula is C23H35N9O3. The Bertz CT molecular complexity index is 1000. The van der Waals surface area contributed by atoms with E-state index in [0.717, 1.165) is 25.7 Å². The molecule has 12 heteroatoms. The van der Waals surface area contributed by atoms with Gasteiger partial charge in [-0.15, -0.1) is 10.2 Å². The van der Waals surface area contributed by atoms with Crippen molar-refractivity contribution in [1.29, 1.82) is 0 Å². The lowest BCUT2D eigenvalue weighted by Gasteiger charge is -2.12. The number of unbranched alkanes of at least 4 members (excludes halogenated alkanes) is 2. The number of aromatic nitrogens is 1. The van der Waals surface area contributed by atoms with Gasteiger partial charge in [0.1, 0.15) is 23.2 Å². The summed E-state index contributed by atoms with van der Waals surface area (Å²) in [6.07, 6.45) is 4.08. The number of benzene rings is 1. The molecule has 12 nitrogen and oxygen atoms in total. The molecule has 1 amide bonds. The van der Waals surface area contributed by atoms with Gasteiger partial charge in [0.25, 0.3) is 0 Å². The summed E-state index contributed by atoms with van der Waals surface area (Å²) in [6, 6.07) is 8.33. The van der Waals surface area contributed by atoms with Crippen LogP contribution in [0.3, 0.4) is 0 Å². The fourth-order valence-electron chi connectivity index (χ4n) is 3.02. The number of rotatable bonds is 14. The summed E-state index contributed by atoms with van der Waals surface area (Å²) in [5, 5.41) is 10.9. The molecule has 11 N–H and O–H groups in total. The number of carbonyl (C=O) groups is 2. The second-order valence-electron chi connectivity index (χ2n) is 7.96. The van der Waals surface area contributed by atoms with Crippen molar-refractivity contribution in [3.8, 4) is 5.75 Å². The molecular weight excluding hydrogens is 450 g/mol. The summed E-state index contributed by atoms with van der Waals surface area (Å²) in [5.41, 5.74) is 29.3. The number of para-hydroxylation sites is 1. The summed E-state index contributed by atoms with van der Waals surface area (Å²) in [5.74, 6) is -0.402. The van der Waals surface area contributed by atoms with Crippen LogP contribution in [0.2, 0.25) is 0 Å². The molecule has 1 heterocycles. The molecule has 0 saturated heterocycles. The van der Waals surface area contributed by atoms with Crippen LogP contribution in [0.1, 0.15) is 38.5 Å². The van der Waals surface area contributed by atoms with Gasteiger partial charge in [-0.25, -0.2) is 9.78 Å². The van der Waals surface area contributed by atoms with Gasteiger partial charge in [0.15, 0.2) is 11.6 Å². The summed E-state index contributed by atoms with van der Waals surface area (Å²) >= 11 is 0. The number of amides is 1. The maximum Gasteiger partial charge on any atom is 0.328 e. The van der Waals surface area contributed by atoms with Crippen molar-refractivity contribution in [2.24, 2.45) is 33.2 Å². The van der Waals surface area contributed by atoms with Crippen LogP contribution < -0.4 is 38.7 Å². The summed E-state index contributed by atoms with van der Waals surface area (Å²) in [6.45, 7) is 1.09. The van der Waals surface area contributed by atoms with E-state index >= 15 is 0 Å². The number of anilines is 2. The lowest BCUT2D eigenvalue weighted by molar-refractivity contribution is -0.136. The minimum atomic E-state index is -0.761. The van der Waals surface area contributed by atoms with Gasteiger partial charge in [-0.3, -0.25) is 4.79 Å². The number of carbonyl (C=O) groups excluding carboxylic acids is 2. The van der Waals surface area contributed by atoms with Crippen LogP contribution >= 0.6 is 0 Å². The predicted octanol–water partition coefficient (Wildman–Crippen LogP) is 1.84. The second kappa shape index (κ2) is 14.7. The molecule has 0 saturated carbocycles. The van der Waals surface area contributed by atoms with E-state index in [4.69, 9.17) is 33.4 Å². The summed E-state index contributed by atoms with van der Waals surface area (Å²) in [4.78, 5) is 28.7. The zero-order valence-corrected chi connectivity index (χ0v) is 19.7. The van der Waals surface area contributed by atoms with E-state index in [1.165, 1.54) is 0 Å². The van der Waals surface area contributed by atoms with Crippen LogP contribution in [0.5, 0.6) is 5.75 Å². The lowest BCUT2D eigenvalue weighted by Crippen LogP contribution is -2.35. The average Bonchev–Trinajstić information content (AvgIpc) is 2.84. The molecule has 0 aliphatic carbocycles. The molecule has 0 bridgehead atoms. The van der Waals surface area contributed by atoms with Crippen molar-refractivity contribution >= 4 is 34.9 Å². The van der Waals surface area contributed by atoms with E-state index in [0.29, 0.717) is 31.6 Å². The summed E-state index contributed by atoms with van der Waals surface area (Å²) in [7, 11) is 0. The van der Waals surface area contributed by atoms with Gasteiger partial charge < -0.3 is 38.7 Å². The Hall–Kier alpha value is -3.45. The maximum absolute atomic E-state index is 12.3. The number of hydrogen-bond donors (Lipinski definition) is 6. The van der Waals surface area contributed by atoms with E-state index in [9.17, 15) is 9.59 Å². The Morgan fingerprint density at radius 2 is 1.51 bits per heavy atom. The molecule has 0 aliphatic heterocycles. The molecule has 2 rings (SSSR count). The van der Waals surface area contributed by atoms with Crippen LogP contribution in [0.15, 0.2) is 46.6 Å². The number of nitrogens with zero attached hydrogens (tertiary/aromatic N) is 3. The van der Waals surface area contributed by atoms with E-state index in [-0.39, 0.29) is 29.0 Å². The highest BCUT2D eigenvalue weighted by Crippen LogP contribution is 2.31. The number of nitrogen functional groups attached to an aromatic ring is 1. The highest BCUT2D eigenvalue weighted by molar-refractivity contribution is 5.94. The van der Waals surface area contributed by atoms with Crippen LogP contribution in [0.4, 0.5) is 23.0 Å². The van der Waals surface area contributed by atoms with Gasteiger partial charge in [-0.1, -0.05) is 25.0 Å². The third-order valence-electron chi connectivity index (χ3n) is 5.07. The first-order valence-corrected chi connectivity index (χ1v) is 11.6. The van der Waals surface area contributed by atoms with Gasteiger partial charge in [0.2, 0.25) is 5.91 Å². The zero-order valence-electron chi connectivity index (χ0n) is 19.7. The number of hydrogen-bond acceptors (Lipinski definition) is 11. The average molecular weight is 486 g/mol. The number of nitrogens with two attached hydrogens (primary N) is 5. The zero-order chi connectivity index (χ0) is 25.6. The molecule has 35 heavy (non-hydrogen) atoms. The van der Waals surface area contributed by atoms with Gasteiger partial charge >= 0.3 is 5.97 Å². The van der Waals surface area contributed by atoms with Gasteiger partial charge in [-0.2, -0.15) is 0 Å². The van der Waals surface area contributed by atoms with E-state index in [2.05, 4.69) is 20.5 Å². The van der Waals surface area contributed by atoms with Gasteiger partial charge in [0.05, 0.1) is 6.04 Å². The van der Waals surface area contributed by atoms with Crippen molar-refractivity contribution in [1.82, 2.24) is 4.98 Å². The predicted molar refractivity (Wildman–Crippen MR) is 135 cm³/mol. The first kappa shape index (κ1) is 27.8. The van der Waals surface area contributed by atoms with Crippen LogP contribution in [-0.2, 0) is 9.59 Å². The molecule has 2 aromatic rings. The Morgan fingerprint density at radius 3 is 2.17 bits per heavy atom. The largest absolute Gasteiger partial charge is 0.423 e. The Kier molecular flexibility index (Phi) is 11.7. The number of esters is 1. The third kappa shape index (κ3) is 9.37. The molecule has 0 unspecified atom stereocenters. The molecule has 0 fully saturated rings. The first-order chi connectivity index (χ1) is 16.8. The number of azo groups is 1. The fourth-order valence-corrected chi connectivity index (χ4v) is 3.02. The molecule has 0 radical (unpaired) electrons. The van der Waals surface area contributed by atoms with Crippen LogP contribution in [0.25, 0.3) is 0 Å². The van der Waals surface area contributed by atoms with Crippen molar-refractivity contribution < 1.29 is 14.3 Å². The van der Waals surface area contributed by atoms with Crippen LogP contribution in [-0.4, -0.2) is 42.0 Å². The molecule has 0 aliphatic rings. The topological polar surface area (TPSA) is 223 Å². The van der Waals surface area contributed by atoms with Crippen molar-refractivity contribution in [3.63, 3.8) is 0 Å². The van der Waals surface area contributed by atoms with Gasteiger partial charge in [-0.05, 0) is 63.0 Å². The molecule has 0 spiro atoms. The number of pyridine rings is 1. The fraction of sp³-hybridized carbons (Fsp3) is 0.435. The van der Waals surface area contributed by atoms with E-state index in [1.807, 2.05) is 0 Å². The van der Waals surface area contributed by atoms with Gasteiger partial charge in [0, 0.05) is 0 Å².